The molecule has 0 amide bonds. The van der Waals surface area contributed by atoms with Gasteiger partial charge in [0.25, 0.3) is 0 Å². The zero-order valence-electron chi connectivity index (χ0n) is 11.6. The van der Waals surface area contributed by atoms with E-state index < -0.39 is 0 Å². The zero-order chi connectivity index (χ0) is 13.1. The van der Waals surface area contributed by atoms with Gasteiger partial charge in [-0.05, 0) is 32.6 Å². The standard InChI is InChI=1S/C12H28N4O/c1-10(2)9-15-12(16-13)14-7-5-6-8-17-11(3)4/h10-11H,5-9,13H2,1-4H3,(H2,14,15,16). The Balaban J connectivity index is 3.53. The van der Waals surface area contributed by atoms with E-state index in [-0.39, 0.29) is 0 Å². The molecule has 0 saturated heterocycles. The van der Waals surface area contributed by atoms with Crippen LogP contribution in [0.3, 0.4) is 0 Å². The molecule has 0 aromatic rings. The first-order valence-corrected chi connectivity index (χ1v) is 6.42. The molecule has 102 valence electrons. The molecule has 0 fully saturated rings. The van der Waals surface area contributed by atoms with Crippen LogP contribution >= 0.6 is 0 Å². The lowest BCUT2D eigenvalue weighted by Gasteiger charge is -2.10. The summed E-state index contributed by atoms with van der Waals surface area (Å²) >= 11 is 0. The maximum atomic E-state index is 5.46. The van der Waals surface area contributed by atoms with E-state index >= 15 is 0 Å². The molecule has 0 aliphatic carbocycles. The third-order valence-corrected chi connectivity index (χ3v) is 2.07. The second kappa shape index (κ2) is 10.4. The summed E-state index contributed by atoms with van der Waals surface area (Å²) < 4.78 is 5.46. The minimum atomic E-state index is 0.317. The third kappa shape index (κ3) is 11.5. The number of nitrogens with two attached hydrogens (primary N) is 1. The number of hydrazine groups is 1. The summed E-state index contributed by atoms with van der Waals surface area (Å²) in [5.41, 5.74) is 2.57. The molecule has 0 aromatic carbocycles. The summed E-state index contributed by atoms with van der Waals surface area (Å²) in [6, 6.07) is 0. The highest BCUT2D eigenvalue weighted by Crippen LogP contribution is 1.94. The summed E-state index contributed by atoms with van der Waals surface area (Å²) in [5.74, 6) is 6.58. The molecule has 5 heteroatoms. The van der Waals surface area contributed by atoms with Gasteiger partial charge in [-0.25, -0.2) is 5.84 Å². The van der Waals surface area contributed by atoms with Crippen molar-refractivity contribution in [2.24, 2.45) is 16.8 Å². The van der Waals surface area contributed by atoms with Crippen LogP contribution in [-0.2, 0) is 4.74 Å². The number of nitrogens with one attached hydrogen (secondary N) is 2. The molecule has 0 heterocycles. The summed E-state index contributed by atoms with van der Waals surface area (Å²) in [5, 5.41) is 3.17. The maximum absolute atomic E-state index is 5.46. The van der Waals surface area contributed by atoms with Gasteiger partial charge < -0.3 is 10.1 Å². The van der Waals surface area contributed by atoms with Crippen molar-refractivity contribution in [2.75, 3.05) is 19.7 Å². The lowest BCUT2D eigenvalue weighted by molar-refractivity contribution is 0.0762. The lowest BCUT2D eigenvalue weighted by atomic mass is 10.2. The number of ether oxygens (including phenoxy) is 1. The van der Waals surface area contributed by atoms with Gasteiger partial charge in [0.2, 0.25) is 5.96 Å². The fourth-order valence-corrected chi connectivity index (χ4v) is 1.18. The van der Waals surface area contributed by atoms with E-state index in [0.717, 1.165) is 32.5 Å². The van der Waals surface area contributed by atoms with Gasteiger partial charge in [0.15, 0.2) is 0 Å². The summed E-state index contributed by atoms with van der Waals surface area (Å²) in [7, 11) is 0. The first kappa shape index (κ1) is 16.2. The van der Waals surface area contributed by atoms with E-state index in [1.54, 1.807) is 0 Å². The molecule has 17 heavy (non-hydrogen) atoms. The minimum absolute atomic E-state index is 0.317. The summed E-state index contributed by atoms with van der Waals surface area (Å²) in [4.78, 5) is 4.33. The van der Waals surface area contributed by atoms with Crippen molar-refractivity contribution in [2.45, 2.75) is 46.6 Å². The van der Waals surface area contributed by atoms with Crippen LogP contribution in [0.5, 0.6) is 0 Å². The average Bonchev–Trinajstić information content (AvgIpc) is 2.26. The van der Waals surface area contributed by atoms with Crippen LogP contribution in [0.25, 0.3) is 0 Å². The van der Waals surface area contributed by atoms with Gasteiger partial charge >= 0.3 is 0 Å². The first-order valence-electron chi connectivity index (χ1n) is 6.42. The Labute approximate surface area is 105 Å². The van der Waals surface area contributed by atoms with Gasteiger partial charge in [-0.2, -0.15) is 0 Å². The second-order valence-corrected chi connectivity index (χ2v) is 4.78. The van der Waals surface area contributed by atoms with Crippen LogP contribution in [-0.4, -0.2) is 31.8 Å². The van der Waals surface area contributed by atoms with Crippen molar-refractivity contribution >= 4 is 5.96 Å². The second-order valence-electron chi connectivity index (χ2n) is 4.78. The van der Waals surface area contributed by atoms with Crippen LogP contribution in [0, 0.1) is 5.92 Å². The number of guanidine groups is 1. The SMILES string of the molecule is CC(C)CN=C(NN)NCCCCOC(C)C. The van der Waals surface area contributed by atoms with Crippen molar-refractivity contribution in [3.8, 4) is 0 Å². The molecular weight excluding hydrogens is 216 g/mol. The molecule has 0 bridgehead atoms. The Kier molecular flexibility index (Phi) is 9.86. The van der Waals surface area contributed by atoms with Gasteiger partial charge in [0, 0.05) is 19.7 Å². The Morgan fingerprint density at radius 3 is 2.47 bits per heavy atom. The topological polar surface area (TPSA) is 71.7 Å². The van der Waals surface area contributed by atoms with Crippen LogP contribution in [0.2, 0.25) is 0 Å². The van der Waals surface area contributed by atoms with E-state index in [1.807, 2.05) is 13.8 Å². The van der Waals surface area contributed by atoms with Crippen LogP contribution in [0.4, 0.5) is 0 Å². The van der Waals surface area contributed by atoms with E-state index in [1.165, 1.54) is 0 Å². The molecule has 0 atom stereocenters. The monoisotopic (exact) mass is 244 g/mol. The van der Waals surface area contributed by atoms with Crippen LogP contribution in [0.15, 0.2) is 4.99 Å². The predicted octanol–water partition coefficient (Wildman–Crippen LogP) is 1.26. The fraction of sp³-hybridized carbons (Fsp3) is 0.917. The molecule has 0 spiro atoms. The number of unbranched alkanes of at least 4 members (excludes halogenated alkanes) is 1. The van der Waals surface area contributed by atoms with Crippen LogP contribution in [0.1, 0.15) is 40.5 Å². The van der Waals surface area contributed by atoms with E-state index in [2.05, 4.69) is 29.6 Å². The van der Waals surface area contributed by atoms with Gasteiger partial charge in [0.05, 0.1) is 6.10 Å². The number of aliphatic imine (C=N–C) groups is 1. The molecule has 4 N–H and O–H groups in total. The molecule has 0 aromatic heterocycles. The highest BCUT2D eigenvalue weighted by molar-refractivity contribution is 5.79. The van der Waals surface area contributed by atoms with E-state index in [4.69, 9.17) is 10.6 Å². The molecule has 0 unspecified atom stereocenters. The number of rotatable bonds is 8. The summed E-state index contributed by atoms with van der Waals surface area (Å²) in [6.45, 7) is 10.8. The third-order valence-electron chi connectivity index (χ3n) is 2.07. The average molecular weight is 244 g/mol. The number of nitrogens with zero attached hydrogens (tertiary/aromatic N) is 1. The fourth-order valence-electron chi connectivity index (χ4n) is 1.18. The molecule has 5 nitrogen and oxygen atoms in total. The number of hydrogen-bond donors (Lipinski definition) is 3. The molecule has 0 aliphatic heterocycles. The molecule has 0 rings (SSSR count). The molecule has 0 radical (unpaired) electrons. The van der Waals surface area contributed by atoms with Crippen molar-refractivity contribution < 1.29 is 4.74 Å². The highest BCUT2D eigenvalue weighted by Gasteiger charge is 1.97. The minimum Gasteiger partial charge on any atom is -0.379 e. The summed E-state index contributed by atoms with van der Waals surface area (Å²) in [6.07, 6.45) is 2.42. The maximum Gasteiger partial charge on any atom is 0.205 e. The van der Waals surface area contributed by atoms with Crippen molar-refractivity contribution in [3.05, 3.63) is 0 Å². The Bertz CT molecular complexity index is 205. The molecular formula is C12H28N4O. The number of hydrogen-bond acceptors (Lipinski definition) is 3. The van der Waals surface area contributed by atoms with Gasteiger partial charge in [-0.15, -0.1) is 0 Å². The Morgan fingerprint density at radius 1 is 1.24 bits per heavy atom. The first-order chi connectivity index (χ1) is 8.06. The Hall–Kier alpha value is -0.810. The van der Waals surface area contributed by atoms with E-state index in [0.29, 0.717) is 18.0 Å². The normalized spacial score (nSPS) is 12.3. The van der Waals surface area contributed by atoms with Crippen molar-refractivity contribution in [1.82, 2.24) is 10.7 Å². The van der Waals surface area contributed by atoms with E-state index in [9.17, 15) is 0 Å². The smallest absolute Gasteiger partial charge is 0.205 e. The predicted molar refractivity (Wildman–Crippen MR) is 72.8 cm³/mol. The van der Waals surface area contributed by atoms with Crippen molar-refractivity contribution in [1.29, 1.82) is 0 Å². The van der Waals surface area contributed by atoms with Crippen LogP contribution < -0.4 is 16.6 Å². The van der Waals surface area contributed by atoms with Gasteiger partial charge in [0.1, 0.15) is 0 Å². The quantitative estimate of drug-likeness (QED) is 0.198. The highest BCUT2D eigenvalue weighted by atomic mass is 16.5. The van der Waals surface area contributed by atoms with Crippen molar-refractivity contribution in [3.63, 3.8) is 0 Å². The van der Waals surface area contributed by atoms with Gasteiger partial charge in [-0.1, -0.05) is 13.8 Å². The molecule has 0 saturated carbocycles. The molecule has 0 aliphatic rings. The zero-order valence-corrected chi connectivity index (χ0v) is 11.6. The largest absolute Gasteiger partial charge is 0.379 e. The van der Waals surface area contributed by atoms with Gasteiger partial charge in [-0.3, -0.25) is 10.4 Å². The Morgan fingerprint density at radius 2 is 1.94 bits per heavy atom. The lowest BCUT2D eigenvalue weighted by Crippen LogP contribution is -2.42.